The second kappa shape index (κ2) is 11.6. The van der Waals surface area contributed by atoms with Crippen LogP contribution in [0.5, 0.6) is 11.5 Å². The Balaban J connectivity index is 0.00000280. The smallest absolute Gasteiger partial charge is 0.191 e. The van der Waals surface area contributed by atoms with E-state index in [0.717, 1.165) is 37.0 Å². The van der Waals surface area contributed by atoms with Crippen LogP contribution in [0, 0.1) is 0 Å². The lowest BCUT2D eigenvalue weighted by Gasteiger charge is -2.20. The van der Waals surface area contributed by atoms with Gasteiger partial charge in [-0.05, 0) is 42.8 Å². The zero-order valence-corrected chi connectivity index (χ0v) is 18.8. The largest absolute Gasteiger partial charge is 0.497 e. The lowest BCUT2D eigenvalue weighted by Crippen LogP contribution is -2.45. The van der Waals surface area contributed by atoms with Crippen LogP contribution in [0.2, 0.25) is 0 Å². The first-order valence-electron chi connectivity index (χ1n) is 9.32. The minimum Gasteiger partial charge on any atom is -0.497 e. The minimum atomic E-state index is 0. The number of para-hydroxylation sites is 1. The van der Waals surface area contributed by atoms with Crippen LogP contribution in [0.4, 0.5) is 5.69 Å². The summed E-state index contributed by atoms with van der Waals surface area (Å²) in [5.41, 5.74) is 1.28. The molecule has 0 spiro atoms. The Morgan fingerprint density at radius 1 is 1.11 bits per heavy atom. The number of halogens is 1. The third kappa shape index (κ3) is 6.47. The van der Waals surface area contributed by atoms with Crippen LogP contribution in [0.25, 0.3) is 0 Å². The molecule has 0 bridgehead atoms. The van der Waals surface area contributed by atoms with Crippen LogP contribution in [0.3, 0.4) is 0 Å². The summed E-state index contributed by atoms with van der Waals surface area (Å²) in [5, 5.41) is 6.82. The molecule has 0 radical (unpaired) electrons. The number of anilines is 1. The molecule has 0 saturated carbocycles. The van der Waals surface area contributed by atoms with Crippen molar-refractivity contribution >= 4 is 35.6 Å². The van der Waals surface area contributed by atoms with Crippen LogP contribution >= 0.6 is 24.0 Å². The Morgan fingerprint density at radius 3 is 2.50 bits per heavy atom. The summed E-state index contributed by atoms with van der Waals surface area (Å²) >= 11 is 0. The number of nitrogens with zero attached hydrogens (tertiary/aromatic N) is 2. The van der Waals surface area contributed by atoms with Crippen molar-refractivity contribution in [1.82, 2.24) is 10.6 Å². The minimum absolute atomic E-state index is 0. The van der Waals surface area contributed by atoms with Gasteiger partial charge in [-0.2, -0.15) is 0 Å². The van der Waals surface area contributed by atoms with Gasteiger partial charge in [-0.15, -0.1) is 24.0 Å². The normalized spacial score (nSPS) is 16.3. The molecule has 6 nitrogen and oxygen atoms in total. The highest BCUT2D eigenvalue weighted by molar-refractivity contribution is 14.0. The van der Waals surface area contributed by atoms with Gasteiger partial charge < -0.3 is 25.0 Å². The van der Waals surface area contributed by atoms with Gasteiger partial charge in [0.15, 0.2) is 5.96 Å². The van der Waals surface area contributed by atoms with E-state index in [2.05, 4.69) is 50.9 Å². The van der Waals surface area contributed by atoms with Crippen LogP contribution in [-0.4, -0.2) is 52.4 Å². The molecule has 3 rings (SSSR count). The zero-order chi connectivity index (χ0) is 18.9. The lowest BCUT2D eigenvalue weighted by atomic mass is 10.3. The number of nitrogens with one attached hydrogen (secondary N) is 2. The highest BCUT2D eigenvalue weighted by Crippen LogP contribution is 2.19. The van der Waals surface area contributed by atoms with Crippen molar-refractivity contribution < 1.29 is 9.47 Å². The van der Waals surface area contributed by atoms with E-state index in [-0.39, 0.29) is 24.0 Å². The molecule has 1 fully saturated rings. The van der Waals surface area contributed by atoms with E-state index in [4.69, 9.17) is 9.47 Å². The van der Waals surface area contributed by atoms with Crippen LogP contribution < -0.4 is 25.0 Å². The summed E-state index contributed by atoms with van der Waals surface area (Å²) in [4.78, 5) is 6.72. The number of guanidine groups is 1. The van der Waals surface area contributed by atoms with E-state index < -0.39 is 0 Å². The van der Waals surface area contributed by atoms with Gasteiger partial charge >= 0.3 is 0 Å². The predicted molar refractivity (Wildman–Crippen MR) is 125 cm³/mol. The van der Waals surface area contributed by atoms with Crippen molar-refractivity contribution in [2.75, 3.05) is 45.3 Å². The molecular formula is C21H29IN4O2. The number of rotatable bonds is 7. The molecule has 2 N–H and O–H groups in total. The third-order valence-electron chi connectivity index (χ3n) is 4.60. The molecule has 2 aromatic rings. The van der Waals surface area contributed by atoms with Crippen molar-refractivity contribution in [3.8, 4) is 11.5 Å². The Hall–Kier alpha value is -2.16. The fourth-order valence-corrected chi connectivity index (χ4v) is 3.15. The van der Waals surface area contributed by atoms with E-state index in [9.17, 15) is 0 Å². The summed E-state index contributed by atoms with van der Waals surface area (Å²) in [6.45, 7) is 3.28. The summed E-state index contributed by atoms with van der Waals surface area (Å²) in [6.07, 6.45) is 1.10. The maximum absolute atomic E-state index is 5.74. The van der Waals surface area contributed by atoms with Crippen molar-refractivity contribution in [2.24, 2.45) is 4.99 Å². The Kier molecular flexibility index (Phi) is 9.19. The average molecular weight is 496 g/mol. The number of hydrogen-bond donors (Lipinski definition) is 2. The van der Waals surface area contributed by atoms with Gasteiger partial charge in [0, 0.05) is 31.9 Å². The van der Waals surface area contributed by atoms with Crippen LogP contribution in [-0.2, 0) is 0 Å². The van der Waals surface area contributed by atoms with Gasteiger partial charge in [0.05, 0.1) is 13.7 Å². The summed E-state index contributed by atoms with van der Waals surface area (Å²) in [5.74, 6) is 2.47. The van der Waals surface area contributed by atoms with Crippen molar-refractivity contribution in [3.05, 3.63) is 54.6 Å². The van der Waals surface area contributed by atoms with Crippen LogP contribution in [0.1, 0.15) is 6.42 Å². The third-order valence-corrected chi connectivity index (χ3v) is 4.60. The second-order valence-electron chi connectivity index (χ2n) is 6.43. The molecule has 152 valence electrons. The Bertz CT molecular complexity index is 725. The van der Waals surface area contributed by atoms with E-state index in [1.807, 2.05) is 24.3 Å². The van der Waals surface area contributed by atoms with Crippen molar-refractivity contribution in [2.45, 2.75) is 12.5 Å². The van der Waals surface area contributed by atoms with E-state index in [0.29, 0.717) is 19.2 Å². The topological polar surface area (TPSA) is 58.1 Å². The van der Waals surface area contributed by atoms with E-state index >= 15 is 0 Å². The van der Waals surface area contributed by atoms with Gasteiger partial charge in [-0.1, -0.05) is 18.2 Å². The molecular weight excluding hydrogens is 467 g/mol. The molecule has 7 heteroatoms. The number of ether oxygens (including phenoxy) is 2. The molecule has 1 aliphatic heterocycles. The quantitative estimate of drug-likeness (QED) is 0.267. The van der Waals surface area contributed by atoms with Crippen LogP contribution in [0.15, 0.2) is 59.6 Å². The maximum atomic E-state index is 5.74. The van der Waals surface area contributed by atoms with Gasteiger partial charge in [0.2, 0.25) is 0 Å². The van der Waals surface area contributed by atoms with Gasteiger partial charge in [-0.25, -0.2) is 0 Å². The molecule has 1 unspecified atom stereocenters. The first kappa shape index (κ1) is 22.1. The summed E-state index contributed by atoms with van der Waals surface area (Å²) in [6, 6.07) is 18.5. The second-order valence-corrected chi connectivity index (χ2v) is 6.43. The number of methoxy groups -OCH3 is 1. The van der Waals surface area contributed by atoms with Crippen molar-refractivity contribution in [1.29, 1.82) is 0 Å². The number of hydrogen-bond acceptors (Lipinski definition) is 4. The molecule has 0 amide bonds. The van der Waals surface area contributed by atoms with Gasteiger partial charge in [0.1, 0.15) is 18.1 Å². The molecule has 0 aliphatic carbocycles. The number of benzene rings is 2. The maximum Gasteiger partial charge on any atom is 0.191 e. The molecule has 1 heterocycles. The number of aliphatic imine (C=N–C) groups is 1. The van der Waals surface area contributed by atoms with Crippen molar-refractivity contribution in [3.63, 3.8) is 0 Å². The molecule has 1 aliphatic rings. The molecule has 0 aromatic heterocycles. The van der Waals surface area contributed by atoms with E-state index in [1.54, 1.807) is 14.2 Å². The molecule has 1 atom stereocenters. The first-order valence-corrected chi connectivity index (χ1v) is 9.32. The zero-order valence-electron chi connectivity index (χ0n) is 16.4. The Labute approximate surface area is 184 Å². The summed E-state index contributed by atoms with van der Waals surface area (Å²) < 4.78 is 10.9. The Morgan fingerprint density at radius 2 is 1.82 bits per heavy atom. The first-order chi connectivity index (χ1) is 13.3. The highest BCUT2D eigenvalue weighted by Gasteiger charge is 2.23. The SMILES string of the molecule is CN=C(NCCOc1ccc(OC)cc1)NC1CCN(c2ccccc2)C1.I. The lowest BCUT2D eigenvalue weighted by molar-refractivity contribution is 0.321. The highest BCUT2D eigenvalue weighted by atomic mass is 127. The predicted octanol–water partition coefficient (Wildman–Crippen LogP) is 3.14. The summed E-state index contributed by atoms with van der Waals surface area (Å²) in [7, 11) is 3.45. The molecule has 2 aromatic carbocycles. The molecule has 1 saturated heterocycles. The fraction of sp³-hybridized carbons (Fsp3) is 0.381. The standard InChI is InChI=1S/C21H28N4O2.HI/c1-22-21(23-13-15-27-20-10-8-19(26-2)9-11-20)24-17-12-14-25(16-17)18-6-4-3-5-7-18;/h3-11,17H,12-16H2,1-2H3,(H2,22,23,24);1H. The average Bonchev–Trinajstić information content (AvgIpc) is 3.20. The van der Waals surface area contributed by atoms with Gasteiger partial charge in [0.25, 0.3) is 0 Å². The fourth-order valence-electron chi connectivity index (χ4n) is 3.15. The van der Waals surface area contributed by atoms with Gasteiger partial charge in [-0.3, -0.25) is 4.99 Å². The van der Waals surface area contributed by atoms with E-state index in [1.165, 1.54) is 5.69 Å². The molecule has 28 heavy (non-hydrogen) atoms. The monoisotopic (exact) mass is 496 g/mol.